The first-order chi connectivity index (χ1) is 7.21. The molecule has 0 fully saturated rings. The summed E-state index contributed by atoms with van der Waals surface area (Å²) in [5.74, 6) is 0.193. The Labute approximate surface area is 96.1 Å². The van der Waals surface area contributed by atoms with Crippen molar-refractivity contribution in [2.75, 3.05) is 0 Å². The monoisotopic (exact) mass is 222 g/mol. The van der Waals surface area contributed by atoms with Crippen molar-refractivity contribution < 1.29 is 14.6 Å². The average Bonchev–Trinajstić information content (AvgIpc) is 2.07. The van der Waals surface area contributed by atoms with Crippen LogP contribution in [-0.4, -0.2) is 11.1 Å². The van der Waals surface area contributed by atoms with E-state index >= 15 is 0 Å². The van der Waals surface area contributed by atoms with Crippen molar-refractivity contribution in [2.45, 2.75) is 40.0 Å². The van der Waals surface area contributed by atoms with Gasteiger partial charge in [-0.1, -0.05) is 20.8 Å². The van der Waals surface area contributed by atoms with Crippen molar-refractivity contribution in [1.29, 1.82) is 0 Å². The van der Waals surface area contributed by atoms with E-state index in [1.807, 2.05) is 33.8 Å². The minimum atomic E-state index is -0.383. The Morgan fingerprint density at radius 2 is 1.88 bits per heavy atom. The molecule has 1 aromatic carbocycles. The highest BCUT2D eigenvalue weighted by Crippen LogP contribution is 2.35. The van der Waals surface area contributed by atoms with Crippen molar-refractivity contribution in [1.82, 2.24) is 0 Å². The maximum atomic E-state index is 10.9. The summed E-state index contributed by atoms with van der Waals surface area (Å²) in [4.78, 5) is 10.9. The molecule has 0 saturated carbocycles. The summed E-state index contributed by atoms with van der Waals surface area (Å²) in [6, 6.07) is 3.35. The van der Waals surface area contributed by atoms with Crippen LogP contribution in [0.1, 0.15) is 38.8 Å². The van der Waals surface area contributed by atoms with Gasteiger partial charge < -0.3 is 9.84 Å². The van der Waals surface area contributed by atoms with Crippen LogP contribution in [-0.2, 0) is 10.2 Å². The number of phenolic OH excluding ortho intramolecular Hbond substituents is 1. The first-order valence-corrected chi connectivity index (χ1v) is 5.24. The highest BCUT2D eigenvalue weighted by Gasteiger charge is 2.20. The number of phenols is 1. The Morgan fingerprint density at radius 1 is 1.31 bits per heavy atom. The first-order valence-electron chi connectivity index (χ1n) is 5.24. The van der Waals surface area contributed by atoms with Crippen molar-refractivity contribution in [2.24, 2.45) is 0 Å². The normalized spacial score (nSPS) is 11.3. The van der Waals surface area contributed by atoms with Crippen molar-refractivity contribution >= 4 is 5.97 Å². The SMILES string of the molecule is CC(=O)Oc1cc(O)c(C(C)(C)C)cc1C. The third kappa shape index (κ3) is 2.75. The van der Waals surface area contributed by atoms with Crippen LogP contribution in [0.3, 0.4) is 0 Å². The van der Waals surface area contributed by atoms with E-state index < -0.39 is 0 Å². The van der Waals surface area contributed by atoms with E-state index in [2.05, 4.69) is 0 Å². The second kappa shape index (κ2) is 4.16. The Hall–Kier alpha value is -1.51. The number of aryl methyl sites for hydroxylation is 1. The number of hydrogen-bond acceptors (Lipinski definition) is 3. The Kier molecular flexibility index (Phi) is 3.27. The van der Waals surface area contributed by atoms with E-state index in [1.54, 1.807) is 0 Å². The van der Waals surface area contributed by atoms with E-state index in [9.17, 15) is 9.90 Å². The zero-order valence-corrected chi connectivity index (χ0v) is 10.4. The maximum absolute atomic E-state index is 10.9. The highest BCUT2D eigenvalue weighted by atomic mass is 16.5. The largest absolute Gasteiger partial charge is 0.508 e. The number of hydrogen-bond donors (Lipinski definition) is 1. The van der Waals surface area contributed by atoms with Crippen LogP contribution in [0.5, 0.6) is 11.5 Å². The van der Waals surface area contributed by atoms with Gasteiger partial charge in [0.25, 0.3) is 0 Å². The fraction of sp³-hybridized carbons (Fsp3) is 0.462. The number of aromatic hydroxyl groups is 1. The van der Waals surface area contributed by atoms with Crippen LogP contribution in [0.25, 0.3) is 0 Å². The smallest absolute Gasteiger partial charge is 0.308 e. The first kappa shape index (κ1) is 12.6. The molecule has 1 N–H and O–H groups in total. The number of esters is 1. The van der Waals surface area contributed by atoms with Gasteiger partial charge in [-0.3, -0.25) is 4.79 Å². The van der Waals surface area contributed by atoms with Gasteiger partial charge in [0.05, 0.1) is 0 Å². The van der Waals surface area contributed by atoms with Gasteiger partial charge >= 0.3 is 5.97 Å². The van der Waals surface area contributed by atoms with E-state index in [1.165, 1.54) is 13.0 Å². The number of carbonyl (C=O) groups excluding carboxylic acids is 1. The van der Waals surface area contributed by atoms with Crippen LogP contribution in [0.2, 0.25) is 0 Å². The minimum Gasteiger partial charge on any atom is -0.508 e. The molecule has 0 bridgehead atoms. The zero-order valence-electron chi connectivity index (χ0n) is 10.4. The quantitative estimate of drug-likeness (QED) is 0.587. The van der Waals surface area contributed by atoms with Crippen LogP contribution in [0.15, 0.2) is 12.1 Å². The van der Waals surface area contributed by atoms with Crippen LogP contribution < -0.4 is 4.74 Å². The van der Waals surface area contributed by atoms with Gasteiger partial charge in [-0.05, 0) is 29.5 Å². The van der Waals surface area contributed by atoms with E-state index in [-0.39, 0.29) is 17.1 Å². The molecule has 1 rings (SSSR count). The van der Waals surface area contributed by atoms with Crippen molar-refractivity contribution in [3.8, 4) is 11.5 Å². The Morgan fingerprint density at radius 3 is 2.31 bits per heavy atom. The molecule has 0 aromatic heterocycles. The lowest BCUT2D eigenvalue weighted by molar-refractivity contribution is -0.131. The third-order valence-corrected chi connectivity index (χ3v) is 2.35. The van der Waals surface area contributed by atoms with E-state index in [0.29, 0.717) is 5.75 Å². The summed E-state index contributed by atoms with van der Waals surface area (Å²) in [6.07, 6.45) is 0. The molecular weight excluding hydrogens is 204 g/mol. The number of carbonyl (C=O) groups is 1. The number of benzene rings is 1. The third-order valence-electron chi connectivity index (χ3n) is 2.35. The molecule has 0 amide bonds. The summed E-state index contributed by atoms with van der Waals surface area (Å²) in [5.41, 5.74) is 1.56. The fourth-order valence-corrected chi connectivity index (χ4v) is 1.54. The summed E-state index contributed by atoms with van der Waals surface area (Å²) < 4.78 is 4.99. The van der Waals surface area contributed by atoms with Crippen molar-refractivity contribution in [3.05, 3.63) is 23.3 Å². The summed E-state index contributed by atoms with van der Waals surface area (Å²) in [6.45, 7) is 9.26. The summed E-state index contributed by atoms with van der Waals surface area (Å²) >= 11 is 0. The van der Waals surface area contributed by atoms with Gasteiger partial charge in [-0.15, -0.1) is 0 Å². The molecule has 0 aliphatic rings. The molecule has 0 atom stereocenters. The van der Waals surface area contributed by atoms with Gasteiger partial charge in [-0.25, -0.2) is 0 Å². The van der Waals surface area contributed by atoms with Crippen LogP contribution in [0, 0.1) is 6.92 Å². The van der Waals surface area contributed by atoms with Crippen molar-refractivity contribution in [3.63, 3.8) is 0 Å². The van der Waals surface area contributed by atoms with Crippen LogP contribution >= 0.6 is 0 Å². The van der Waals surface area contributed by atoms with E-state index in [0.717, 1.165) is 11.1 Å². The van der Waals surface area contributed by atoms with Gasteiger partial charge in [0.1, 0.15) is 11.5 Å². The van der Waals surface area contributed by atoms with Gasteiger partial charge in [0.15, 0.2) is 0 Å². The average molecular weight is 222 g/mol. The Bertz CT molecular complexity index is 414. The molecule has 3 nitrogen and oxygen atoms in total. The molecular formula is C13H18O3. The lowest BCUT2D eigenvalue weighted by atomic mass is 9.85. The lowest BCUT2D eigenvalue weighted by Crippen LogP contribution is -2.12. The lowest BCUT2D eigenvalue weighted by Gasteiger charge is -2.21. The molecule has 3 heteroatoms. The van der Waals surface area contributed by atoms with Gasteiger partial charge in [0.2, 0.25) is 0 Å². The summed E-state index contributed by atoms with van der Waals surface area (Å²) in [5, 5.41) is 9.87. The molecule has 0 aliphatic heterocycles. The van der Waals surface area contributed by atoms with Gasteiger partial charge in [-0.2, -0.15) is 0 Å². The van der Waals surface area contributed by atoms with Gasteiger partial charge in [0, 0.05) is 13.0 Å². The van der Waals surface area contributed by atoms with Crippen LogP contribution in [0.4, 0.5) is 0 Å². The molecule has 0 heterocycles. The minimum absolute atomic E-state index is 0.135. The Balaban J connectivity index is 3.22. The predicted molar refractivity (Wildman–Crippen MR) is 62.9 cm³/mol. The molecule has 16 heavy (non-hydrogen) atoms. The molecule has 0 unspecified atom stereocenters. The molecule has 1 aromatic rings. The molecule has 0 aliphatic carbocycles. The second-order valence-electron chi connectivity index (χ2n) is 4.98. The summed E-state index contributed by atoms with van der Waals surface area (Å²) in [7, 11) is 0. The zero-order chi connectivity index (χ0) is 12.5. The number of rotatable bonds is 1. The second-order valence-corrected chi connectivity index (χ2v) is 4.98. The predicted octanol–water partition coefficient (Wildman–Crippen LogP) is 2.92. The molecule has 88 valence electrons. The van der Waals surface area contributed by atoms with E-state index in [4.69, 9.17) is 4.74 Å². The molecule has 0 saturated heterocycles. The number of ether oxygens (including phenoxy) is 1. The standard InChI is InChI=1S/C13H18O3/c1-8-6-10(13(3,4)5)11(15)7-12(8)16-9(2)14/h6-7,15H,1-5H3. The molecule has 0 radical (unpaired) electrons. The molecule has 0 spiro atoms. The topological polar surface area (TPSA) is 46.5 Å². The fourth-order valence-electron chi connectivity index (χ4n) is 1.54. The highest BCUT2D eigenvalue weighted by molar-refractivity contribution is 5.70. The maximum Gasteiger partial charge on any atom is 0.308 e.